The van der Waals surface area contributed by atoms with Gasteiger partial charge in [0.2, 0.25) is 0 Å². The summed E-state index contributed by atoms with van der Waals surface area (Å²) < 4.78 is 10.9. The fraction of sp³-hybridized carbons (Fsp3) is 0.353. The van der Waals surface area contributed by atoms with Gasteiger partial charge in [-0.05, 0) is 55.3 Å². The summed E-state index contributed by atoms with van der Waals surface area (Å²) in [6.07, 6.45) is 0. The first-order valence-corrected chi connectivity index (χ1v) is 6.79. The molecule has 0 saturated carbocycles. The van der Waals surface area contributed by atoms with Crippen molar-refractivity contribution >= 4 is 16.7 Å². The van der Waals surface area contributed by atoms with Crippen LogP contribution >= 0.6 is 0 Å². The molecule has 0 fully saturated rings. The maximum absolute atomic E-state index is 11.2. The minimum atomic E-state index is -0.626. The van der Waals surface area contributed by atoms with Gasteiger partial charge in [0, 0.05) is 6.92 Å². The summed E-state index contributed by atoms with van der Waals surface area (Å²) in [4.78, 5) is 11.2. The quantitative estimate of drug-likeness (QED) is 0.788. The van der Waals surface area contributed by atoms with E-state index in [0.29, 0.717) is 6.61 Å². The largest absolute Gasteiger partial charge is 0.494 e. The summed E-state index contributed by atoms with van der Waals surface area (Å²) in [6, 6.07) is 12.1. The van der Waals surface area contributed by atoms with Gasteiger partial charge >= 0.3 is 5.97 Å². The van der Waals surface area contributed by atoms with Crippen molar-refractivity contribution in [1.82, 2.24) is 0 Å². The monoisotopic (exact) mass is 272 g/mol. The first-order valence-electron chi connectivity index (χ1n) is 6.79. The van der Waals surface area contributed by atoms with Crippen LogP contribution in [0.25, 0.3) is 10.8 Å². The lowest BCUT2D eigenvalue weighted by Gasteiger charge is -2.25. The molecule has 0 aliphatic heterocycles. The van der Waals surface area contributed by atoms with Gasteiger partial charge in [-0.1, -0.05) is 18.2 Å². The molecule has 2 aromatic carbocycles. The number of ether oxygens (including phenoxy) is 2. The summed E-state index contributed by atoms with van der Waals surface area (Å²) in [7, 11) is 0. The second-order valence-corrected chi connectivity index (χ2v) is 5.26. The third-order valence-electron chi connectivity index (χ3n) is 3.22. The van der Waals surface area contributed by atoms with Gasteiger partial charge in [-0.15, -0.1) is 0 Å². The van der Waals surface area contributed by atoms with Gasteiger partial charge in [0.25, 0.3) is 0 Å². The molecule has 0 aliphatic rings. The van der Waals surface area contributed by atoms with Crippen molar-refractivity contribution in [3.05, 3.63) is 42.0 Å². The molecule has 3 nitrogen and oxygen atoms in total. The van der Waals surface area contributed by atoms with E-state index in [9.17, 15) is 4.79 Å². The van der Waals surface area contributed by atoms with E-state index in [-0.39, 0.29) is 5.97 Å². The van der Waals surface area contributed by atoms with Crippen molar-refractivity contribution in [2.75, 3.05) is 6.61 Å². The number of rotatable bonds is 4. The average Bonchev–Trinajstić information content (AvgIpc) is 2.37. The standard InChI is InChI=1S/C17H20O3/c1-5-19-16-9-7-13-10-15(8-6-14(13)11-16)17(3,4)20-12(2)18/h6-11H,5H2,1-4H3. The van der Waals surface area contributed by atoms with E-state index >= 15 is 0 Å². The Labute approximate surface area is 119 Å². The van der Waals surface area contributed by atoms with Crippen molar-refractivity contribution in [1.29, 1.82) is 0 Å². The maximum atomic E-state index is 11.2. The van der Waals surface area contributed by atoms with Gasteiger partial charge in [-0.25, -0.2) is 0 Å². The number of carbonyl (C=O) groups excluding carboxylic acids is 1. The van der Waals surface area contributed by atoms with Gasteiger partial charge in [0.15, 0.2) is 0 Å². The number of benzene rings is 2. The van der Waals surface area contributed by atoms with Crippen molar-refractivity contribution in [2.24, 2.45) is 0 Å². The molecule has 2 aromatic rings. The Balaban J connectivity index is 2.39. The van der Waals surface area contributed by atoms with Crippen LogP contribution in [0, 0.1) is 0 Å². The number of hydrogen-bond donors (Lipinski definition) is 0. The van der Waals surface area contributed by atoms with Crippen LogP contribution in [0.15, 0.2) is 36.4 Å². The maximum Gasteiger partial charge on any atom is 0.303 e. The average molecular weight is 272 g/mol. The van der Waals surface area contributed by atoms with Crippen molar-refractivity contribution in [3.8, 4) is 5.75 Å². The van der Waals surface area contributed by atoms with Gasteiger partial charge in [0.1, 0.15) is 11.4 Å². The molecule has 0 radical (unpaired) electrons. The highest BCUT2D eigenvalue weighted by molar-refractivity contribution is 5.84. The Kier molecular flexibility index (Phi) is 3.98. The van der Waals surface area contributed by atoms with Gasteiger partial charge < -0.3 is 9.47 Å². The fourth-order valence-corrected chi connectivity index (χ4v) is 2.27. The molecular weight excluding hydrogens is 252 g/mol. The zero-order valence-electron chi connectivity index (χ0n) is 12.4. The van der Waals surface area contributed by atoms with Crippen LogP contribution in [0.5, 0.6) is 5.75 Å². The molecule has 0 saturated heterocycles. The van der Waals surface area contributed by atoms with E-state index in [4.69, 9.17) is 9.47 Å². The van der Waals surface area contributed by atoms with E-state index in [1.54, 1.807) is 0 Å². The van der Waals surface area contributed by atoms with Crippen LogP contribution in [0.3, 0.4) is 0 Å². The highest BCUT2D eigenvalue weighted by Crippen LogP contribution is 2.29. The Morgan fingerprint density at radius 2 is 1.75 bits per heavy atom. The molecule has 0 unspecified atom stereocenters. The zero-order chi connectivity index (χ0) is 14.8. The lowest BCUT2D eigenvalue weighted by Crippen LogP contribution is -2.24. The third kappa shape index (κ3) is 3.10. The van der Waals surface area contributed by atoms with E-state index < -0.39 is 5.60 Å². The number of esters is 1. The molecule has 3 heteroatoms. The first kappa shape index (κ1) is 14.4. The van der Waals surface area contributed by atoms with E-state index in [2.05, 4.69) is 0 Å². The molecule has 0 aromatic heterocycles. The molecule has 2 rings (SSSR count). The summed E-state index contributed by atoms with van der Waals surface area (Å²) in [6.45, 7) is 7.84. The second kappa shape index (κ2) is 5.53. The number of hydrogen-bond acceptors (Lipinski definition) is 3. The van der Waals surface area contributed by atoms with Crippen molar-refractivity contribution in [2.45, 2.75) is 33.3 Å². The molecule has 0 atom stereocenters. The molecule has 0 bridgehead atoms. The summed E-state index contributed by atoms with van der Waals surface area (Å²) >= 11 is 0. The summed E-state index contributed by atoms with van der Waals surface area (Å²) in [5.41, 5.74) is 0.350. The normalized spacial score (nSPS) is 11.4. The lowest BCUT2D eigenvalue weighted by molar-refractivity contribution is -0.154. The molecule has 0 spiro atoms. The molecule has 0 N–H and O–H groups in total. The number of carbonyl (C=O) groups is 1. The number of fused-ring (bicyclic) bond motifs is 1. The SMILES string of the molecule is CCOc1ccc2cc(C(C)(C)OC(C)=O)ccc2c1. The highest BCUT2D eigenvalue weighted by Gasteiger charge is 2.23. The second-order valence-electron chi connectivity index (χ2n) is 5.26. The first-order chi connectivity index (χ1) is 9.42. The Morgan fingerprint density at radius 1 is 1.10 bits per heavy atom. The van der Waals surface area contributed by atoms with E-state index in [0.717, 1.165) is 22.1 Å². The topological polar surface area (TPSA) is 35.5 Å². The molecular formula is C17H20O3. The van der Waals surface area contributed by atoms with Gasteiger partial charge in [-0.2, -0.15) is 0 Å². The Morgan fingerprint density at radius 3 is 2.40 bits per heavy atom. The smallest absolute Gasteiger partial charge is 0.303 e. The zero-order valence-corrected chi connectivity index (χ0v) is 12.4. The van der Waals surface area contributed by atoms with E-state index in [1.165, 1.54) is 6.92 Å². The van der Waals surface area contributed by atoms with Crippen LogP contribution in [-0.2, 0) is 15.1 Å². The van der Waals surface area contributed by atoms with Gasteiger partial charge in [0.05, 0.1) is 6.61 Å². The molecule has 0 heterocycles. The molecule has 0 amide bonds. The Hall–Kier alpha value is -2.03. The predicted molar refractivity (Wildman–Crippen MR) is 79.9 cm³/mol. The third-order valence-corrected chi connectivity index (χ3v) is 3.22. The minimum Gasteiger partial charge on any atom is -0.494 e. The Bertz CT molecular complexity index is 629. The van der Waals surface area contributed by atoms with Crippen molar-refractivity contribution < 1.29 is 14.3 Å². The molecule has 106 valence electrons. The van der Waals surface area contributed by atoms with Crippen LogP contribution < -0.4 is 4.74 Å². The van der Waals surface area contributed by atoms with Crippen LogP contribution in [0.2, 0.25) is 0 Å². The molecule has 20 heavy (non-hydrogen) atoms. The summed E-state index contributed by atoms with van der Waals surface area (Å²) in [5, 5.41) is 2.21. The van der Waals surface area contributed by atoms with Crippen LogP contribution in [-0.4, -0.2) is 12.6 Å². The van der Waals surface area contributed by atoms with E-state index in [1.807, 2.05) is 57.2 Å². The van der Waals surface area contributed by atoms with Gasteiger partial charge in [-0.3, -0.25) is 4.79 Å². The highest BCUT2D eigenvalue weighted by atomic mass is 16.6. The molecule has 0 aliphatic carbocycles. The van der Waals surface area contributed by atoms with Crippen molar-refractivity contribution in [3.63, 3.8) is 0 Å². The summed E-state index contributed by atoms with van der Waals surface area (Å²) in [5.74, 6) is 0.591. The predicted octanol–water partition coefficient (Wildman–Crippen LogP) is 4.04. The lowest BCUT2D eigenvalue weighted by atomic mass is 9.95. The fourth-order valence-electron chi connectivity index (χ4n) is 2.27. The van der Waals surface area contributed by atoms with Crippen LogP contribution in [0.1, 0.15) is 33.3 Å². The van der Waals surface area contributed by atoms with Crippen LogP contribution in [0.4, 0.5) is 0 Å². The minimum absolute atomic E-state index is 0.276.